The van der Waals surface area contributed by atoms with Gasteiger partial charge in [-0.05, 0) is 47.2 Å². The summed E-state index contributed by atoms with van der Waals surface area (Å²) in [6.07, 6.45) is 0.665. The van der Waals surface area contributed by atoms with Gasteiger partial charge in [0.25, 0.3) is 5.91 Å². The van der Waals surface area contributed by atoms with Crippen LogP contribution in [0.3, 0.4) is 0 Å². The Morgan fingerprint density at radius 3 is 2.75 bits per heavy atom. The van der Waals surface area contributed by atoms with Crippen molar-refractivity contribution in [2.24, 2.45) is 0 Å². The lowest BCUT2D eigenvalue weighted by molar-refractivity contribution is 0.0914. The molecule has 1 rings (SSSR count). The lowest BCUT2D eigenvalue weighted by Gasteiger charge is -2.14. The van der Waals surface area contributed by atoms with Gasteiger partial charge >= 0.3 is 0 Å². The lowest BCUT2D eigenvalue weighted by atomic mass is 10.1. The second kappa shape index (κ2) is 6.05. The van der Waals surface area contributed by atoms with Gasteiger partial charge in [0, 0.05) is 5.56 Å². The maximum atomic E-state index is 11.7. The van der Waals surface area contributed by atoms with Gasteiger partial charge in [-0.25, -0.2) is 0 Å². The lowest BCUT2D eigenvalue weighted by Crippen LogP contribution is -2.36. The van der Waals surface area contributed by atoms with Crippen molar-refractivity contribution in [3.05, 3.63) is 27.3 Å². The van der Waals surface area contributed by atoms with E-state index in [0.29, 0.717) is 15.6 Å². The summed E-state index contributed by atoms with van der Waals surface area (Å²) in [7, 11) is 0. The average Bonchev–Trinajstić information content (AvgIpc) is 2.29. The van der Waals surface area contributed by atoms with Gasteiger partial charge in [-0.1, -0.05) is 6.92 Å². The monoisotopic (exact) mass is 335 g/mol. The second-order valence-corrected chi connectivity index (χ2v) is 4.59. The van der Waals surface area contributed by atoms with Crippen molar-refractivity contribution in [1.82, 2.24) is 5.32 Å². The first-order valence-corrected chi connectivity index (χ1v) is 6.06. The van der Waals surface area contributed by atoms with Crippen molar-refractivity contribution < 1.29 is 15.0 Å². The van der Waals surface area contributed by atoms with Gasteiger partial charge in [-0.15, -0.1) is 0 Å². The van der Waals surface area contributed by atoms with Crippen molar-refractivity contribution in [2.75, 3.05) is 6.61 Å². The number of hydrogen-bond acceptors (Lipinski definition) is 3. The molecule has 0 aliphatic carbocycles. The number of carbonyl (C=O) groups excluding carboxylic acids is 1. The molecule has 5 heteroatoms. The van der Waals surface area contributed by atoms with E-state index in [1.165, 1.54) is 6.07 Å². The Hall–Kier alpha value is -0.820. The highest BCUT2D eigenvalue weighted by Crippen LogP contribution is 2.20. The average molecular weight is 335 g/mol. The molecule has 0 heterocycles. The fourth-order valence-electron chi connectivity index (χ4n) is 1.20. The molecule has 16 heavy (non-hydrogen) atoms. The standard InChI is InChI=1S/C11H14INO3/c1-2-8(6-14)13-11(16)7-3-4-9(12)10(15)5-7/h3-5,8,14-15H,2,6H2,1H3,(H,13,16)/t8-/m0/s1. The number of aliphatic hydroxyl groups excluding tert-OH is 1. The molecule has 0 saturated carbocycles. The quantitative estimate of drug-likeness (QED) is 0.731. The highest BCUT2D eigenvalue weighted by molar-refractivity contribution is 14.1. The van der Waals surface area contributed by atoms with Crippen LogP contribution in [0.25, 0.3) is 0 Å². The summed E-state index contributed by atoms with van der Waals surface area (Å²) in [5, 5.41) is 21.1. The summed E-state index contributed by atoms with van der Waals surface area (Å²) in [5.74, 6) is -0.196. The summed E-state index contributed by atoms with van der Waals surface area (Å²) in [5.41, 5.74) is 0.393. The van der Waals surface area contributed by atoms with E-state index >= 15 is 0 Å². The van der Waals surface area contributed by atoms with E-state index in [1.807, 2.05) is 29.5 Å². The molecule has 0 unspecified atom stereocenters. The molecule has 0 bridgehead atoms. The Morgan fingerprint density at radius 2 is 2.25 bits per heavy atom. The van der Waals surface area contributed by atoms with E-state index in [4.69, 9.17) is 5.11 Å². The van der Waals surface area contributed by atoms with Gasteiger partial charge in [0.05, 0.1) is 16.2 Å². The fraction of sp³-hybridized carbons (Fsp3) is 0.364. The molecule has 0 aliphatic rings. The molecule has 0 aromatic heterocycles. The summed E-state index contributed by atoms with van der Waals surface area (Å²) in [6.45, 7) is 1.80. The van der Waals surface area contributed by atoms with Gasteiger partial charge in [-0.2, -0.15) is 0 Å². The van der Waals surface area contributed by atoms with E-state index in [9.17, 15) is 9.90 Å². The Labute approximate surface area is 108 Å². The fourth-order valence-corrected chi connectivity index (χ4v) is 1.53. The molecule has 1 amide bonds. The van der Waals surface area contributed by atoms with Gasteiger partial charge in [0.1, 0.15) is 5.75 Å². The number of phenolic OH excluding ortho intramolecular Hbond substituents is 1. The van der Waals surface area contributed by atoms with E-state index in [-0.39, 0.29) is 24.3 Å². The number of aliphatic hydroxyl groups is 1. The zero-order valence-corrected chi connectivity index (χ0v) is 11.1. The maximum Gasteiger partial charge on any atom is 0.251 e. The number of aromatic hydroxyl groups is 1. The molecular weight excluding hydrogens is 321 g/mol. The third kappa shape index (κ3) is 3.34. The minimum absolute atomic E-state index is 0.0847. The van der Waals surface area contributed by atoms with Gasteiger partial charge in [-0.3, -0.25) is 4.79 Å². The number of benzene rings is 1. The molecule has 88 valence electrons. The van der Waals surface area contributed by atoms with Gasteiger partial charge < -0.3 is 15.5 Å². The van der Waals surface area contributed by atoms with Crippen LogP contribution in [-0.2, 0) is 0 Å². The van der Waals surface area contributed by atoms with Crippen LogP contribution in [0.15, 0.2) is 18.2 Å². The Bertz CT molecular complexity index is 377. The number of hydrogen-bond donors (Lipinski definition) is 3. The largest absolute Gasteiger partial charge is 0.507 e. The van der Waals surface area contributed by atoms with Crippen LogP contribution in [0.2, 0.25) is 0 Å². The third-order valence-corrected chi connectivity index (χ3v) is 3.17. The first-order valence-electron chi connectivity index (χ1n) is 4.98. The Morgan fingerprint density at radius 1 is 1.56 bits per heavy atom. The molecule has 0 saturated heterocycles. The first-order chi connectivity index (χ1) is 7.58. The van der Waals surface area contributed by atoms with E-state index in [1.54, 1.807) is 12.1 Å². The normalized spacial score (nSPS) is 12.2. The SMILES string of the molecule is CC[C@@H](CO)NC(=O)c1ccc(I)c(O)c1. The third-order valence-electron chi connectivity index (χ3n) is 2.26. The van der Waals surface area contributed by atoms with Gasteiger partial charge in [0.2, 0.25) is 0 Å². The molecule has 0 spiro atoms. The summed E-state index contributed by atoms with van der Waals surface area (Å²) >= 11 is 1.98. The van der Waals surface area contributed by atoms with Crippen LogP contribution < -0.4 is 5.32 Å². The van der Waals surface area contributed by atoms with Crippen molar-refractivity contribution in [1.29, 1.82) is 0 Å². The van der Waals surface area contributed by atoms with Crippen LogP contribution in [0.1, 0.15) is 23.7 Å². The molecule has 0 radical (unpaired) electrons. The Balaban J connectivity index is 2.76. The molecule has 1 atom stereocenters. The van der Waals surface area contributed by atoms with Crippen LogP contribution >= 0.6 is 22.6 Å². The number of carbonyl (C=O) groups is 1. The molecule has 1 aromatic carbocycles. The van der Waals surface area contributed by atoms with Crippen LogP contribution in [0, 0.1) is 3.57 Å². The first kappa shape index (κ1) is 13.2. The van der Waals surface area contributed by atoms with Crippen LogP contribution in [-0.4, -0.2) is 28.8 Å². The van der Waals surface area contributed by atoms with Crippen LogP contribution in [0.4, 0.5) is 0 Å². The van der Waals surface area contributed by atoms with E-state index in [2.05, 4.69) is 5.32 Å². The Kier molecular flexibility index (Phi) is 5.01. The molecular formula is C11H14INO3. The van der Waals surface area contributed by atoms with Crippen molar-refractivity contribution in [2.45, 2.75) is 19.4 Å². The summed E-state index contributed by atoms with van der Waals surface area (Å²) in [6, 6.07) is 4.49. The van der Waals surface area contributed by atoms with Crippen LogP contribution in [0.5, 0.6) is 5.75 Å². The zero-order valence-electron chi connectivity index (χ0n) is 8.90. The van der Waals surface area contributed by atoms with Crippen molar-refractivity contribution in [3.8, 4) is 5.75 Å². The summed E-state index contributed by atoms with van der Waals surface area (Å²) < 4.78 is 0.698. The number of halogens is 1. The minimum atomic E-state index is -0.285. The summed E-state index contributed by atoms with van der Waals surface area (Å²) in [4.78, 5) is 11.7. The van der Waals surface area contributed by atoms with Crippen molar-refractivity contribution >= 4 is 28.5 Å². The molecule has 0 aliphatic heterocycles. The minimum Gasteiger partial charge on any atom is -0.507 e. The predicted octanol–water partition coefficient (Wildman–Crippen LogP) is 1.50. The van der Waals surface area contributed by atoms with E-state index in [0.717, 1.165) is 0 Å². The predicted molar refractivity (Wildman–Crippen MR) is 69.5 cm³/mol. The number of rotatable bonds is 4. The molecule has 1 aromatic rings. The number of phenols is 1. The van der Waals surface area contributed by atoms with Crippen molar-refractivity contribution in [3.63, 3.8) is 0 Å². The molecule has 0 fully saturated rings. The zero-order chi connectivity index (χ0) is 12.1. The molecule has 3 N–H and O–H groups in total. The highest BCUT2D eigenvalue weighted by atomic mass is 127. The maximum absolute atomic E-state index is 11.7. The van der Waals surface area contributed by atoms with Gasteiger partial charge in [0.15, 0.2) is 0 Å². The topological polar surface area (TPSA) is 69.6 Å². The highest BCUT2D eigenvalue weighted by Gasteiger charge is 2.12. The second-order valence-electron chi connectivity index (χ2n) is 3.43. The molecule has 4 nitrogen and oxygen atoms in total. The number of amides is 1. The smallest absolute Gasteiger partial charge is 0.251 e. The number of nitrogens with one attached hydrogen (secondary N) is 1. The van der Waals surface area contributed by atoms with E-state index < -0.39 is 0 Å².